The minimum absolute atomic E-state index is 0.0465. The van der Waals surface area contributed by atoms with E-state index in [4.69, 9.17) is 10.5 Å². The molecule has 2 N–H and O–H groups in total. The van der Waals surface area contributed by atoms with E-state index in [9.17, 15) is 0 Å². The molecule has 1 atom stereocenters. The normalized spacial score (nSPS) is 18.8. The number of ether oxygens (including phenoxy) is 1. The number of pyridine rings is 1. The van der Waals surface area contributed by atoms with E-state index >= 15 is 0 Å². The number of benzene rings is 1. The smallest absolute Gasteiger partial charge is 0.130 e. The van der Waals surface area contributed by atoms with E-state index in [-0.39, 0.29) is 11.5 Å². The number of hydrogen-bond acceptors (Lipinski definition) is 3. The van der Waals surface area contributed by atoms with Crippen LogP contribution in [0, 0.1) is 0 Å². The number of anilines is 1. The summed E-state index contributed by atoms with van der Waals surface area (Å²) in [6.45, 7) is 9.32. The lowest BCUT2D eigenvalue weighted by Gasteiger charge is -2.20. The van der Waals surface area contributed by atoms with E-state index in [1.54, 1.807) is 0 Å². The van der Waals surface area contributed by atoms with E-state index in [1.165, 1.54) is 16.5 Å². The zero-order valence-corrected chi connectivity index (χ0v) is 11.9. The highest BCUT2D eigenvalue weighted by Crippen LogP contribution is 2.39. The molecule has 3 nitrogen and oxygen atoms in total. The Balaban J connectivity index is 2.31. The first-order valence-corrected chi connectivity index (χ1v) is 6.72. The van der Waals surface area contributed by atoms with Gasteiger partial charge in [-0.25, -0.2) is 4.98 Å². The van der Waals surface area contributed by atoms with Crippen LogP contribution in [0.5, 0.6) is 0 Å². The van der Waals surface area contributed by atoms with Crippen LogP contribution in [0.4, 0.5) is 5.82 Å². The molecular weight excluding hydrogens is 236 g/mol. The van der Waals surface area contributed by atoms with Gasteiger partial charge in [-0.15, -0.1) is 0 Å². The first kappa shape index (κ1) is 12.4. The van der Waals surface area contributed by atoms with Crippen LogP contribution in [0.1, 0.15) is 50.5 Å². The van der Waals surface area contributed by atoms with Crippen LogP contribution < -0.4 is 5.73 Å². The van der Waals surface area contributed by atoms with Crippen molar-refractivity contribution in [1.29, 1.82) is 0 Å². The molecule has 3 heteroatoms. The number of nitrogen functional groups attached to an aromatic ring is 1. The summed E-state index contributed by atoms with van der Waals surface area (Å²) in [5.74, 6) is 0.607. The molecule has 2 heterocycles. The first-order chi connectivity index (χ1) is 8.88. The zero-order chi connectivity index (χ0) is 13.8. The van der Waals surface area contributed by atoms with Crippen LogP contribution in [-0.2, 0) is 16.8 Å². The molecule has 1 unspecified atom stereocenters. The molecule has 0 saturated carbocycles. The molecule has 1 aromatic carbocycles. The summed E-state index contributed by atoms with van der Waals surface area (Å²) in [6.07, 6.45) is 0.0465. The molecule has 0 saturated heterocycles. The molecule has 1 aliphatic rings. The highest BCUT2D eigenvalue weighted by molar-refractivity contribution is 5.87. The second kappa shape index (κ2) is 3.94. The maximum absolute atomic E-state index is 6.06. The third-order valence-electron chi connectivity index (χ3n) is 3.91. The Morgan fingerprint density at radius 1 is 1.32 bits per heavy atom. The second-order valence-corrected chi connectivity index (χ2v) is 6.32. The third-order valence-corrected chi connectivity index (χ3v) is 3.91. The van der Waals surface area contributed by atoms with Crippen LogP contribution in [0.3, 0.4) is 0 Å². The van der Waals surface area contributed by atoms with Gasteiger partial charge in [-0.1, -0.05) is 26.8 Å². The molecule has 1 aliphatic heterocycles. The first-order valence-electron chi connectivity index (χ1n) is 6.72. The van der Waals surface area contributed by atoms with Crippen LogP contribution in [0.2, 0.25) is 0 Å². The molecule has 0 amide bonds. The average molecular weight is 256 g/mol. The Labute approximate surface area is 113 Å². The fraction of sp³-hybridized carbons (Fsp3) is 0.438. The lowest BCUT2D eigenvalue weighted by molar-refractivity contribution is 0.0801. The van der Waals surface area contributed by atoms with E-state index in [2.05, 4.69) is 44.0 Å². The van der Waals surface area contributed by atoms with Gasteiger partial charge in [-0.2, -0.15) is 0 Å². The summed E-state index contributed by atoms with van der Waals surface area (Å²) in [7, 11) is 0. The van der Waals surface area contributed by atoms with Crippen molar-refractivity contribution < 1.29 is 4.74 Å². The van der Waals surface area contributed by atoms with Gasteiger partial charge in [0.05, 0.1) is 18.2 Å². The number of rotatable bonds is 0. The molecule has 0 spiro atoms. The Morgan fingerprint density at radius 3 is 2.74 bits per heavy atom. The van der Waals surface area contributed by atoms with E-state index in [0.29, 0.717) is 12.4 Å². The molecule has 1 aromatic heterocycles. The maximum atomic E-state index is 6.06. The van der Waals surface area contributed by atoms with Crippen molar-refractivity contribution >= 4 is 16.7 Å². The molecule has 100 valence electrons. The Hall–Kier alpha value is -1.61. The molecular formula is C16H20N2O. The predicted molar refractivity (Wildman–Crippen MR) is 78.1 cm³/mol. The Bertz CT molecular complexity index is 656. The number of nitrogens with two attached hydrogens (primary N) is 1. The predicted octanol–water partition coefficient (Wildman–Crippen LogP) is 3.71. The van der Waals surface area contributed by atoms with Gasteiger partial charge in [-0.05, 0) is 35.6 Å². The summed E-state index contributed by atoms with van der Waals surface area (Å²) in [6, 6.07) is 6.44. The van der Waals surface area contributed by atoms with Gasteiger partial charge in [0.2, 0.25) is 0 Å². The minimum atomic E-state index is 0.0465. The lowest BCUT2D eigenvalue weighted by atomic mass is 9.85. The number of nitrogens with zero attached hydrogens (tertiary/aromatic N) is 1. The minimum Gasteiger partial charge on any atom is -0.383 e. The fourth-order valence-corrected chi connectivity index (χ4v) is 2.73. The molecule has 3 rings (SSSR count). The van der Waals surface area contributed by atoms with Gasteiger partial charge in [-0.3, -0.25) is 0 Å². The van der Waals surface area contributed by atoms with Crippen LogP contribution >= 0.6 is 0 Å². The van der Waals surface area contributed by atoms with Crippen molar-refractivity contribution in [3.63, 3.8) is 0 Å². The van der Waals surface area contributed by atoms with E-state index in [0.717, 1.165) is 11.1 Å². The molecule has 0 bridgehead atoms. The highest BCUT2D eigenvalue weighted by Gasteiger charge is 2.26. The monoisotopic (exact) mass is 256 g/mol. The summed E-state index contributed by atoms with van der Waals surface area (Å²) in [5.41, 5.74) is 10.7. The van der Waals surface area contributed by atoms with E-state index in [1.807, 2.05) is 6.92 Å². The topological polar surface area (TPSA) is 48.1 Å². The largest absolute Gasteiger partial charge is 0.383 e. The molecule has 2 aromatic rings. The summed E-state index contributed by atoms with van der Waals surface area (Å²) in [5, 5.41) is 1.18. The van der Waals surface area contributed by atoms with Gasteiger partial charge in [0.1, 0.15) is 5.82 Å². The van der Waals surface area contributed by atoms with Gasteiger partial charge in [0.15, 0.2) is 0 Å². The van der Waals surface area contributed by atoms with Crippen molar-refractivity contribution in [2.45, 2.75) is 45.8 Å². The molecule has 0 aliphatic carbocycles. The van der Waals surface area contributed by atoms with Gasteiger partial charge < -0.3 is 10.5 Å². The van der Waals surface area contributed by atoms with Crippen molar-refractivity contribution in [2.75, 3.05) is 5.73 Å². The van der Waals surface area contributed by atoms with Crippen molar-refractivity contribution in [1.82, 2.24) is 4.98 Å². The van der Waals surface area contributed by atoms with Gasteiger partial charge in [0.25, 0.3) is 0 Å². The highest BCUT2D eigenvalue weighted by atomic mass is 16.5. The van der Waals surface area contributed by atoms with Crippen LogP contribution in [0.15, 0.2) is 18.2 Å². The van der Waals surface area contributed by atoms with Crippen molar-refractivity contribution in [3.8, 4) is 0 Å². The molecule has 0 fully saturated rings. The third kappa shape index (κ3) is 1.89. The SMILES string of the molecule is CC1OCc2c1c(N)nc1ccc(C(C)(C)C)cc21. The fourth-order valence-electron chi connectivity index (χ4n) is 2.73. The second-order valence-electron chi connectivity index (χ2n) is 6.32. The van der Waals surface area contributed by atoms with Crippen molar-refractivity contribution in [2.24, 2.45) is 0 Å². The maximum Gasteiger partial charge on any atom is 0.130 e. The summed E-state index contributed by atoms with van der Waals surface area (Å²) < 4.78 is 5.72. The standard InChI is InChI=1S/C16H20N2O/c1-9-14-12(8-19-9)11-7-10(16(2,3)4)5-6-13(11)18-15(14)17/h5-7,9H,8H2,1-4H3,(H2,17,18). The van der Waals surface area contributed by atoms with Gasteiger partial charge in [0, 0.05) is 10.9 Å². The number of hydrogen-bond donors (Lipinski definition) is 1. The summed E-state index contributed by atoms with van der Waals surface area (Å²) in [4.78, 5) is 4.52. The lowest BCUT2D eigenvalue weighted by Crippen LogP contribution is -2.11. The molecule has 19 heavy (non-hydrogen) atoms. The Morgan fingerprint density at radius 2 is 2.05 bits per heavy atom. The number of aromatic nitrogens is 1. The van der Waals surface area contributed by atoms with Crippen molar-refractivity contribution in [3.05, 3.63) is 34.9 Å². The average Bonchev–Trinajstić information content (AvgIpc) is 2.71. The van der Waals surface area contributed by atoms with Gasteiger partial charge >= 0.3 is 0 Å². The zero-order valence-electron chi connectivity index (χ0n) is 11.9. The van der Waals surface area contributed by atoms with Crippen LogP contribution in [-0.4, -0.2) is 4.98 Å². The quantitative estimate of drug-likeness (QED) is 0.781. The summed E-state index contributed by atoms with van der Waals surface area (Å²) >= 11 is 0. The number of fused-ring (bicyclic) bond motifs is 3. The van der Waals surface area contributed by atoms with E-state index < -0.39 is 0 Å². The molecule has 0 radical (unpaired) electrons. The van der Waals surface area contributed by atoms with Crippen LogP contribution in [0.25, 0.3) is 10.9 Å². The Kier molecular flexibility index (Phi) is 2.58.